The Morgan fingerprint density at radius 1 is 1.14 bits per heavy atom. The molecule has 0 N–H and O–H groups in total. The van der Waals surface area contributed by atoms with E-state index in [1.165, 1.54) is 11.8 Å². The van der Waals surface area contributed by atoms with Crippen LogP contribution in [-0.4, -0.2) is 41.1 Å². The zero-order chi connectivity index (χ0) is 19.9. The molecule has 0 radical (unpaired) electrons. The monoisotopic (exact) mass is 397 g/mol. The molecule has 0 spiro atoms. The fourth-order valence-corrected chi connectivity index (χ4v) is 3.52. The fourth-order valence-electron chi connectivity index (χ4n) is 2.63. The predicted octanol–water partition coefficient (Wildman–Crippen LogP) is 4.13. The van der Waals surface area contributed by atoms with Crippen LogP contribution >= 0.6 is 11.8 Å². The first kappa shape index (κ1) is 19.9. The highest BCUT2D eigenvalue weighted by Gasteiger charge is 2.16. The fraction of sp³-hybridized carbons (Fsp3) is 0.286. The van der Waals surface area contributed by atoms with Crippen molar-refractivity contribution in [2.24, 2.45) is 0 Å². The molecule has 1 aromatic heterocycles. The van der Waals surface area contributed by atoms with Crippen LogP contribution < -0.4 is 4.74 Å². The lowest BCUT2D eigenvalue weighted by atomic mass is 10.2. The number of hydrogen-bond donors (Lipinski definition) is 0. The van der Waals surface area contributed by atoms with E-state index in [-0.39, 0.29) is 5.91 Å². The Balaban J connectivity index is 1.59. The van der Waals surface area contributed by atoms with Crippen molar-refractivity contribution < 1.29 is 14.1 Å². The number of nitrogens with zero attached hydrogens (tertiary/aromatic N) is 3. The van der Waals surface area contributed by atoms with Crippen molar-refractivity contribution in [1.29, 1.82) is 0 Å². The highest BCUT2D eigenvalue weighted by atomic mass is 32.2. The molecular formula is C21H23N3O3S. The second-order valence-electron chi connectivity index (χ2n) is 6.36. The van der Waals surface area contributed by atoms with E-state index in [1.807, 2.05) is 55.5 Å². The summed E-state index contributed by atoms with van der Waals surface area (Å²) >= 11 is 1.52. The predicted molar refractivity (Wildman–Crippen MR) is 109 cm³/mol. The molecular weight excluding hydrogens is 374 g/mol. The van der Waals surface area contributed by atoms with E-state index in [0.717, 1.165) is 16.2 Å². The number of aryl methyl sites for hydroxylation is 2. The standard InChI is InChI=1S/C21H23N3O3S/c1-15-8-4-6-10-18(15)26-13-12-24(3)21(25)17-9-5-7-11-19(17)28-14-20-22-16(2)27-23-20/h4-11H,12-14H2,1-3H3. The van der Waals surface area contributed by atoms with E-state index in [0.29, 0.717) is 36.2 Å². The molecule has 7 heteroatoms. The van der Waals surface area contributed by atoms with Crippen molar-refractivity contribution in [3.63, 3.8) is 0 Å². The van der Waals surface area contributed by atoms with Crippen molar-refractivity contribution in [3.8, 4) is 5.75 Å². The number of rotatable bonds is 8. The van der Waals surface area contributed by atoms with Crippen molar-refractivity contribution in [3.05, 3.63) is 71.4 Å². The zero-order valence-electron chi connectivity index (χ0n) is 16.2. The number of likely N-dealkylation sites (N-methyl/N-ethyl adjacent to an activating group) is 1. The minimum atomic E-state index is -0.0409. The maximum absolute atomic E-state index is 12.9. The highest BCUT2D eigenvalue weighted by Crippen LogP contribution is 2.26. The number of carbonyl (C=O) groups excluding carboxylic acids is 1. The molecule has 0 bridgehead atoms. The van der Waals surface area contributed by atoms with Gasteiger partial charge in [-0.2, -0.15) is 4.98 Å². The molecule has 0 aliphatic heterocycles. The first-order valence-corrected chi connectivity index (χ1v) is 9.98. The van der Waals surface area contributed by atoms with Crippen LogP contribution in [0.3, 0.4) is 0 Å². The SMILES string of the molecule is Cc1nc(CSc2ccccc2C(=O)N(C)CCOc2ccccc2C)no1. The summed E-state index contributed by atoms with van der Waals surface area (Å²) in [6.07, 6.45) is 0. The molecule has 6 nitrogen and oxygen atoms in total. The number of benzene rings is 2. The summed E-state index contributed by atoms with van der Waals surface area (Å²) in [5.74, 6) is 2.50. The maximum atomic E-state index is 12.9. The van der Waals surface area contributed by atoms with Gasteiger partial charge in [0.05, 0.1) is 17.9 Å². The van der Waals surface area contributed by atoms with Gasteiger partial charge in [0.1, 0.15) is 12.4 Å². The van der Waals surface area contributed by atoms with Crippen LogP contribution in [-0.2, 0) is 5.75 Å². The smallest absolute Gasteiger partial charge is 0.254 e. The zero-order valence-corrected chi connectivity index (χ0v) is 17.0. The van der Waals surface area contributed by atoms with Crippen LogP contribution in [0.1, 0.15) is 27.6 Å². The second kappa shape index (κ2) is 9.41. The normalized spacial score (nSPS) is 10.7. The Kier molecular flexibility index (Phi) is 6.71. The van der Waals surface area contributed by atoms with Gasteiger partial charge in [0, 0.05) is 18.9 Å². The lowest BCUT2D eigenvalue weighted by molar-refractivity contribution is 0.0770. The van der Waals surface area contributed by atoms with E-state index >= 15 is 0 Å². The molecule has 0 atom stereocenters. The molecule has 0 saturated heterocycles. The molecule has 0 unspecified atom stereocenters. The Morgan fingerprint density at radius 2 is 1.89 bits per heavy atom. The molecule has 1 amide bonds. The largest absolute Gasteiger partial charge is 0.491 e. The number of thioether (sulfide) groups is 1. The lowest BCUT2D eigenvalue weighted by Crippen LogP contribution is -2.31. The Bertz CT molecular complexity index is 942. The van der Waals surface area contributed by atoms with Gasteiger partial charge >= 0.3 is 0 Å². The molecule has 3 aromatic rings. The van der Waals surface area contributed by atoms with Crippen molar-refractivity contribution in [1.82, 2.24) is 15.0 Å². The summed E-state index contributed by atoms with van der Waals surface area (Å²) in [5.41, 5.74) is 1.74. The molecule has 2 aromatic carbocycles. The van der Waals surface area contributed by atoms with E-state index < -0.39 is 0 Å². The first-order valence-electron chi connectivity index (χ1n) is 8.99. The summed E-state index contributed by atoms with van der Waals surface area (Å²) in [4.78, 5) is 19.7. The number of hydrogen-bond acceptors (Lipinski definition) is 6. The number of amides is 1. The van der Waals surface area contributed by atoms with Crippen molar-refractivity contribution in [2.75, 3.05) is 20.2 Å². The second-order valence-corrected chi connectivity index (χ2v) is 7.37. The topological polar surface area (TPSA) is 68.5 Å². The van der Waals surface area contributed by atoms with Gasteiger partial charge in [0.2, 0.25) is 5.89 Å². The van der Waals surface area contributed by atoms with E-state index in [1.54, 1.807) is 18.9 Å². The average molecular weight is 398 g/mol. The maximum Gasteiger partial charge on any atom is 0.254 e. The van der Waals surface area contributed by atoms with E-state index in [9.17, 15) is 4.79 Å². The van der Waals surface area contributed by atoms with Gasteiger partial charge in [-0.25, -0.2) is 0 Å². The summed E-state index contributed by atoms with van der Waals surface area (Å²) in [6.45, 7) is 4.69. The van der Waals surface area contributed by atoms with Crippen LogP contribution in [0.4, 0.5) is 0 Å². The van der Waals surface area contributed by atoms with Crippen LogP contribution in [0.2, 0.25) is 0 Å². The molecule has 0 aliphatic carbocycles. The van der Waals surface area contributed by atoms with Crippen molar-refractivity contribution in [2.45, 2.75) is 24.5 Å². The highest BCUT2D eigenvalue weighted by molar-refractivity contribution is 7.98. The van der Waals surface area contributed by atoms with Crippen LogP contribution in [0, 0.1) is 13.8 Å². The molecule has 3 rings (SSSR count). The van der Waals surface area contributed by atoms with Gasteiger partial charge in [0.15, 0.2) is 5.82 Å². The van der Waals surface area contributed by atoms with Gasteiger partial charge in [0.25, 0.3) is 5.91 Å². The van der Waals surface area contributed by atoms with Crippen molar-refractivity contribution >= 4 is 17.7 Å². The third-order valence-electron chi connectivity index (χ3n) is 4.17. The molecule has 0 fully saturated rings. The Labute approximate surface area is 168 Å². The third-order valence-corrected chi connectivity index (χ3v) is 5.24. The molecule has 1 heterocycles. The quantitative estimate of drug-likeness (QED) is 0.533. The molecule has 0 aliphatic rings. The lowest BCUT2D eigenvalue weighted by Gasteiger charge is -2.19. The molecule has 0 saturated carbocycles. The van der Waals surface area contributed by atoms with Gasteiger partial charge in [-0.05, 0) is 30.7 Å². The average Bonchev–Trinajstić information content (AvgIpc) is 3.12. The number of para-hydroxylation sites is 1. The molecule has 146 valence electrons. The van der Waals surface area contributed by atoms with Crippen LogP contribution in [0.5, 0.6) is 5.75 Å². The summed E-state index contributed by atoms with van der Waals surface area (Å²) in [6, 6.07) is 15.4. The van der Waals surface area contributed by atoms with Gasteiger partial charge in [-0.15, -0.1) is 11.8 Å². The van der Waals surface area contributed by atoms with Gasteiger partial charge < -0.3 is 14.2 Å². The van der Waals surface area contributed by atoms with Crippen LogP contribution in [0.25, 0.3) is 0 Å². The Hall–Kier alpha value is -2.80. The first-order chi connectivity index (χ1) is 13.5. The van der Waals surface area contributed by atoms with E-state index in [2.05, 4.69) is 10.1 Å². The minimum Gasteiger partial charge on any atom is -0.491 e. The molecule has 28 heavy (non-hydrogen) atoms. The summed E-state index contributed by atoms with van der Waals surface area (Å²) < 4.78 is 10.8. The number of aromatic nitrogens is 2. The Morgan fingerprint density at radius 3 is 2.64 bits per heavy atom. The van der Waals surface area contributed by atoms with Gasteiger partial charge in [-0.1, -0.05) is 35.5 Å². The minimum absolute atomic E-state index is 0.0409. The summed E-state index contributed by atoms with van der Waals surface area (Å²) in [7, 11) is 1.79. The van der Waals surface area contributed by atoms with Crippen LogP contribution in [0.15, 0.2) is 57.9 Å². The van der Waals surface area contributed by atoms with Gasteiger partial charge in [-0.3, -0.25) is 4.79 Å². The third kappa shape index (κ3) is 5.13. The van der Waals surface area contributed by atoms with E-state index in [4.69, 9.17) is 9.26 Å². The number of carbonyl (C=O) groups is 1. The number of ether oxygens (including phenoxy) is 1. The summed E-state index contributed by atoms with van der Waals surface area (Å²) in [5, 5.41) is 3.90.